The first-order valence-corrected chi connectivity index (χ1v) is 8.22. The summed E-state index contributed by atoms with van der Waals surface area (Å²) in [6.45, 7) is 4.06. The molecular weight excluding hydrogens is 323 g/mol. The van der Waals surface area contributed by atoms with Crippen molar-refractivity contribution in [3.63, 3.8) is 0 Å². The maximum Gasteiger partial charge on any atom is 0.226 e. The van der Waals surface area contributed by atoms with Crippen LogP contribution in [0.5, 0.6) is 0 Å². The van der Waals surface area contributed by atoms with Crippen molar-refractivity contribution in [2.75, 3.05) is 26.2 Å². The van der Waals surface area contributed by atoms with Crippen molar-refractivity contribution in [1.29, 1.82) is 0 Å². The zero-order chi connectivity index (χ0) is 15.9. The van der Waals surface area contributed by atoms with E-state index in [0.717, 1.165) is 12.0 Å². The molecule has 0 aromatic heterocycles. The fraction of sp³-hybridized carbons (Fsp3) is 0.500. The minimum Gasteiger partial charge on any atom is -0.339 e. The topological polar surface area (TPSA) is 40.6 Å². The number of carbonyl (C=O) groups is 2. The molecule has 1 aromatic rings. The molecule has 118 valence electrons. The number of hydrogen-bond acceptors (Lipinski definition) is 2. The summed E-state index contributed by atoms with van der Waals surface area (Å²) < 4.78 is 0. The van der Waals surface area contributed by atoms with Crippen LogP contribution in [-0.4, -0.2) is 47.8 Å². The largest absolute Gasteiger partial charge is 0.339 e. The molecule has 1 saturated carbocycles. The molecule has 1 aromatic carbocycles. The molecule has 1 heterocycles. The Labute approximate surface area is 140 Å². The van der Waals surface area contributed by atoms with Gasteiger partial charge in [-0.05, 0) is 30.0 Å². The monoisotopic (exact) mass is 340 g/mol. The van der Waals surface area contributed by atoms with Gasteiger partial charge >= 0.3 is 0 Å². The van der Waals surface area contributed by atoms with E-state index >= 15 is 0 Å². The molecule has 0 radical (unpaired) electrons. The van der Waals surface area contributed by atoms with Gasteiger partial charge in [0.15, 0.2) is 0 Å². The van der Waals surface area contributed by atoms with Crippen LogP contribution in [0.15, 0.2) is 18.2 Å². The number of carbonyl (C=O) groups excluding carboxylic acids is 2. The average Bonchev–Trinajstić information content (AvgIpc) is 3.27. The van der Waals surface area contributed by atoms with E-state index in [1.807, 2.05) is 17.0 Å². The van der Waals surface area contributed by atoms with E-state index in [-0.39, 0.29) is 23.7 Å². The Kier molecular flexibility index (Phi) is 4.33. The Balaban J connectivity index is 1.60. The molecular formula is C16H18Cl2N2O2. The summed E-state index contributed by atoms with van der Waals surface area (Å²) in [5.41, 5.74) is 1.01. The molecule has 0 N–H and O–H groups in total. The SMILES string of the molecule is CC(=O)N1CCN(C(=O)[C@@H]2C[C@@H]2c2ccc(Cl)cc2Cl)CC1. The molecule has 2 aliphatic rings. The van der Waals surface area contributed by atoms with E-state index in [4.69, 9.17) is 23.2 Å². The summed E-state index contributed by atoms with van der Waals surface area (Å²) in [5.74, 6) is 0.467. The Bertz CT molecular complexity index is 612. The summed E-state index contributed by atoms with van der Waals surface area (Å²) in [5, 5.41) is 1.24. The van der Waals surface area contributed by atoms with E-state index in [9.17, 15) is 9.59 Å². The maximum atomic E-state index is 12.6. The summed E-state index contributed by atoms with van der Waals surface area (Å²) in [6, 6.07) is 5.45. The van der Waals surface area contributed by atoms with Crippen molar-refractivity contribution < 1.29 is 9.59 Å². The smallest absolute Gasteiger partial charge is 0.226 e. The number of benzene rings is 1. The van der Waals surface area contributed by atoms with Gasteiger partial charge in [0.25, 0.3) is 0 Å². The van der Waals surface area contributed by atoms with Crippen LogP contribution in [0.1, 0.15) is 24.8 Å². The van der Waals surface area contributed by atoms with Crippen molar-refractivity contribution in [3.05, 3.63) is 33.8 Å². The van der Waals surface area contributed by atoms with Crippen molar-refractivity contribution >= 4 is 35.0 Å². The Morgan fingerprint density at radius 2 is 1.73 bits per heavy atom. The standard InChI is InChI=1S/C16H18Cl2N2O2/c1-10(21)19-4-6-20(7-5-19)16(22)14-9-13(14)12-3-2-11(17)8-15(12)18/h2-3,8,13-14H,4-7,9H2,1H3/t13-,14-/m1/s1. The zero-order valence-corrected chi connectivity index (χ0v) is 13.9. The van der Waals surface area contributed by atoms with Gasteiger partial charge in [-0.1, -0.05) is 29.3 Å². The van der Waals surface area contributed by atoms with E-state index in [2.05, 4.69) is 0 Å². The number of nitrogens with zero attached hydrogens (tertiary/aromatic N) is 2. The van der Waals surface area contributed by atoms with E-state index in [0.29, 0.717) is 36.2 Å². The van der Waals surface area contributed by atoms with Gasteiger partial charge in [0.1, 0.15) is 0 Å². The first-order valence-electron chi connectivity index (χ1n) is 7.46. The summed E-state index contributed by atoms with van der Waals surface area (Å²) in [4.78, 5) is 27.5. The summed E-state index contributed by atoms with van der Waals surface area (Å²) in [6.07, 6.45) is 0.840. The number of hydrogen-bond donors (Lipinski definition) is 0. The normalized spacial score (nSPS) is 24.3. The predicted molar refractivity (Wildman–Crippen MR) is 86.1 cm³/mol. The van der Waals surface area contributed by atoms with Gasteiger partial charge < -0.3 is 9.80 Å². The lowest BCUT2D eigenvalue weighted by Gasteiger charge is -2.34. The molecule has 4 nitrogen and oxygen atoms in total. The highest BCUT2D eigenvalue weighted by Crippen LogP contribution is 2.50. The van der Waals surface area contributed by atoms with Crippen LogP contribution in [-0.2, 0) is 9.59 Å². The lowest BCUT2D eigenvalue weighted by molar-refractivity contribution is -0.139. The third kappa shape index (κ3) is 3.08. The van der Waals surface area contributed by atoms with Gasteiger partial charge in [-0.25, -0.2) is 0 Å². The van der Waals surface area contributed by atoms with Crippen LogP contribution in [0.25, 0.3) is 0 Å². The molecule has 1 aliphatic carbocycles. The van der Waals surface area contributed by atoms with Gasteiger partial charge in [0.2, 0.25) is 11.8 Å². The van der Waals surface area contributed by atoms with Crippen molar-refractivity contribution in [2.45, 2.75) is 19.3 Å². The van der Waals surface area contributed by atoms with Crippen LogP contribution in [0.3, 0.4) is 0 Å². The second-order valence-corrected chi connectivity index (χ2v) is 6.79. The van der Waals surface area contributed by atoms with Gasteiger partial charge in [-0.2, -0.15) is 0 Å². The Morgan fingerprint density at radius 1 is 1.09 bits per heavy atom. The van der Waals surface area contributed by atoms with Crippen LogP contribution >= 0.6 is 23.2 Å². The molecule has 0 spiro atoms. The van der Waals surface area contributed by atoms with Gasteiger partial charge in [0.05, 0.1) is 0 Å². The molecule has 1 saturated heterocycles. The second kappa shape index (κ2) is 6.09. The van der Waals surface area contributed by atoms with Gasteiger partial charge in [-0.15, -0.1) is 0 Å². The number of rotatable bonds is 2. The number of halogens is 2. The minimum absolute atomic E-state index is 0.0163. The highest BCUT2D eigenvalue weighted by molar-refractivity contribution is 6.35. The second-order valence-electron chi connectivity index (χ2n) is 5.95. The van der Waals surface area contributed by atoms with Gasteiger partial charge in [-0.3, -0.25) is 9.59 Å². The van der Waals surface area contributed by atoms with Crippen LogP contribution < -0.4 is 0 Å². The van der Waals surface area contributed by atoms with Gasteiger partial charge in [0, 0.05) is 49.1 Å². The first-order chi connectivity index (χ1) is 10.5. The molecule has 0 unspecified atom stereocenters. The first kappa shape index (κ1) is 15.6. The van der Waals surface area contributed by atoms with Crippen molar-refractivity contribution in [3.8, 4) is 0 Å². The van der Waals surface area contributed by atoms with Crippen molar-refractivity contribution in [1.82, 2.24) is 9.80 Å². The van der Waals surface area contributed by atoms with E-state index in [1.54, 1.807) is 17.9 Å². The fourth-order valence-electron chi connectivity index (χ4n) is 3.09. The average molecular weight is 341 g/mol. The lowest BCUT2D eigenvalue weighted by Crippen LogP contribution is -2.50. The Hall–Kier alpha value is -1.26. The van der Waals surface area contributed by atoms with E-state index in [1.165, 1.54) is 0 Å². The molecule has 22 heavy (non-hydrogen) atoms. The molecule has 6 heteroatoms. The molecule has 1 aliphatic heterocycles. The highest BCUT2D eigenvalue weighted by Gasteiger charge is 2.46. The molecule has 2 atom stereocenters. The molecule has 3 rings (SSSR count). The lowest BCUT2D eigenvalue weighted by atomic mass is 10.1. The summed E-state index contributed by atoms with van der Waals surface area (Å²) >= 11 is 12.1. The predicted octanol–water partition coefficient (Wildman–Crippen LogP) is 2.79. The summed E-state index contributed by atoms with van der Waals surface area (Å²) in [7, 11) is 0. The fourth-order valence-corrected chi connectivity index (χ4v) is 3.64. The number of amides is 2. The highest BCUT2D eigenvalue weighted by atomic mass is 35.5. The molecule has 2 amide bonds. The number of piperazine rings is 1. The zero-order valence-electron chi connectivity index (χ0n) is 12.4. The Morgan fingerprint density at radius 3 is 2.32 bits per heavy atom. The van der Waals surface area contributed by atoms with Crippen LogP contribution in [0.4, 0.5) is 0 Å². The third-order valence-corrected chi connectivity index (χ3v) is 5.07. The van der Waals surface area contributed by atoms with E-state index < -0.39 is 0 Å². The van der Waals surface area contributed by atoms with Crippen LogP contribution in [0.2, 0.25) is 10.0 Å². The maximum absolute atomic E-state index is 12.6. The third-order valence-electron chi connectivity index (χ3n) is 4.51. The van der Waals surface area contributed by atoms with Crippen LogP contribution in [0, 0.1) is 5.92 Å². The molecule has 0 bridgehead atoms. The molecule has 2 fully saturated rings. The van der Waals surface area contributed by atoms with Crippen molar-refractivity contribution in [2.24, 2.45) is 5.92 Å². The minimum atomic E-state index is 0.0163. The quantitative estimate of drug-likeness (QED) is 0.830.